The number of alkyl halides is 6. The number of hydrogen-bond donors (Lipinski definition) is 2. The lowest BCUT2D eigenvalue weighted by atomic mass is 9.95. The summed E-state index contributed by atoms with van der Waals surface area (Å²) in [6, 6.07) is 15.1. The van der Waals surface area contributed by atoms with Gasteiger partial charge in [-0.15, -0.1) is 0 Å². The van der Waals surface area contributed by atoms with Gasteiger partial charge in [0.25, 0.3) is 0 Å². The van der Waals surface area contributed by atoms with Gasteiger partial charge >= 0.3 is 18.3 Å². The number of anilines is 1. The van der Waals surface area contributed by atoms with Gasteiger partial charge in [0.1, 0.15) is 0 Å². The first-order valence-electron chi connectivity index (χ1n) is 12.5. The molecule has 0 amide bonds. The summed E-state index contributed by atoms with van der Waals surface area (Å²) in [7, 11) is 3.57. The molecule has 11 heteroatoms. The van der Waals surface area contributed by atoms with Crippen LogP contribution in [0.2, 0.25) is 0 Å². The summed E-state index contributed by atoms with van der Waals surface area (Å²) in [6.45, 7) is 5.95. The number of aryl methyl sites for hydroxylation is 1. The van der Waals surface area contributed by atoms with E-state index in [4.69, 9.17) is 0 Å². The Bertz CT molecular complexity index is 1280. The average molecular weight is 568 g/mol. The van der Waals surface area contributed by atoms with Gasteiger partial charge < -0.3 is 20.2 Å². The molecule has 0 spiro atoms. The summed E-state index contributed by atoms with van der Waals surface area (Å²) in [5.74, 6) is -0.881. The number of nitrogens with zero attached hydrogens (tertiary/aromatic N) is 2. The minimum Gasteiger partial charge on any atom is -0.478 e. The van der Waals surface area contributed by atoms with E-state index in [-0.39, 0.29) is 18.2 Å². The second-order valence-corrected chi connectivity index (χ2v) is 9.58. The van der Waals surface area contributed by atoms with E-state index in [0.717, 1.165) is 48.6 Å². The third-order valence-corrected chi connectivity index (χ3v) is 6.57. The van der Waals surface area contributed by atoms with Crippen LogP contribution in [0.5, 0.6) is 0 Å². The second-order valence-electron chi connectivity index (χ2n) is 9.58. The molecule has 40 heavy (non-hydrogen) atoms. The molecule has 1 saturated heterocycles. The number of nitrogens with one attached hydrogen (secondary N) is 1. The van der Waals surface area contributed by atoms with Crippen LogP contribution in [0.15, 0.2) is 60.7 Å². The molecule has 1 heterocycles. The number of carboxylic acid groups (broad SMARTS) is 1. The molecule has 5 nitrogen and oxygen atoms in total. The Morgan fingerprint density at radius 3 is 1.93 bits per heavy atom. The van der Waals surface area contributed by atoms with Crippen molar-refractivity contribution in [1.82, 2.24) is 10.2 Å². The number of halogens is 6. The lowest BCUT2D eigenvalue weighted by Gasteiger charge is -2.34. The first-order chi connectivity index (χ1) is 18.7. The van der Waals surface area contributed by atoms with E-state index in [0.29, 0.717) is 17.7 Å². The van der Waals surface area contributed by atoms with E-state index in [1.165, 1.54) is 7.05 Å². The van der Waals surface area contributed by atoms with Crippen molar-refractivity contribution in [2.75, 3.05) is 45.2 Å². The van der Waals surface area contributed by atoms with Crippen molar-refractivity contribution in [3.63, 3.8) is 0 Å². The lowest BCUT2D eigenvalue weighted by molar-refractivity contribution is -0.143. The molecule has 3 aromatic carbocycles. The predicted molar refractivity (Wildman–Crippen MR) is 142 cm³/mol. The number of carbonyl (C=O) groups is 1. The minimum absolute atomic E-state index is 0.0605. The average Bonchev–Trinajstić information content (AvgIpc) is 2.88. The molecule has 0 bridgehead atoms. The van der Waals surface area contributed by atoms with E-state index in [2.05, 4.69) is 22.2 Å². The standard InChI is InChI=1S/C19H22N2O2.C10H9F6N/c1-14-5-3-4-6-16(14)18-13-15(7-8-17(18)19(22)23)21-11-9-20(2)10-12-21;1-17-5-6-2-7(9(11,12)13)4-8(3-6)10(14,15)16/h3-8,13H,9-12H2,1-2H3,(H,22,23);2-4,17H,5H2,1H3. The van der Waals surface area contributed by atoms with E-state index in [1.54, 1.807) is 6.07 Å². The maximum absolute atomic E-state index is 12.4. The highest BCUT2D eigenvalue weighted by Crippen LogP contribution is 2.36. The topological polar surface area (TPSA) is 55.8 Å². The molecule has 4 rings (SSSR count). The minimum atomic E-state index is -4.79. The Morgan fingerprint density at radius 1 is 0.850 bits per heavy atom. The zero-order valence-corrected chi connectivity index (χ0v) is 22.3. The Labute approximate surface area is 229 Å². The summed E-state index contributed by atoms with van der Waals surface area (Å²) in [6.07, 6.45) is -9.58. The molecule has 1 aliphatic rings. The molecule has 0 saturated carbocycles. The smallest absolute Gasteiger partial charge is 0.416 e. The highest BCUT2D eigenvalue weighted by molar-refractivity contribution is 5.97. The van der Waals surface area contributed by atoms with Crippen LogP contribution in [0, 0.1) is 6.92 Å². The van der Waals surface area contributed by atoms with Crippen LogP contribution in [0.25, 0.3) is 11.1 Å². The fraction of sp³-hybridized carbons (Fsp3) is 0.345. The summed E-state index contributed by atoms with van der Waals surface area (Å²) in [4.78, 5) is 16.3. The van der Waals surface area contributed by atoms with Gasteiger partial charge in [0.2, 0.25) is 0 Å². The molecule has 0 aromatic heterocycles. The molecular formula is C29H31F6N3O2. The lowest BCUT2D eigenvalue weighted by Crippen LogP contribution is -2.44. The monoisotopic (exact) mass is 567 g/mol. The van der Waals surface area contributed by atoms with Crippen LogP contribution in [0.3, 0.4) is 0 Å². The number of likely N-dealkylation sites (N-methyl/N-ethyl adjacent to an activating group) is 1. The van der Waals surface area contributed by atoms with Gasteiger partial charge in [0.15, 0.2) is 0 Å². The van der Waals surface area contributed by atoms with E-state index >= 15 is 0 Å². The number of hydrogen-bond acceptors (Lipinski definition) is 4. The van der Waals surface area contributed by atoms with E-state index in [1.807, 2.05) is 43.3 Å². The Kier molecular flexibility index (Phi) is 9.86. The fourth-order valence-corrected chi connectivity index (χ4v) is 4.40. The molecule has 0 radical (unpaired) electrons. The van der Waals surface area contributed by atoms with Crippen molar-refractivity contribution < 1.29 is 36.2 Å². The largest absolute Gasteiger partial charge is 0.478 e. The van der Waals surface area contributed by atoms with Crippen LogP contribution in [0.1, 0.15) is 32.6 Å². The third-order valence-electron chi connectivity index (χ3n) is 6.57. The molecule has 1 aliphatic heterocycles. The summed E-state index contributed by atoms with van der Waals surface area (Å²) in [5, 5.41) is 12.0. The maximum atomic E-state index is 12.4. The van der Waals surface area contributed by atoms with Crippen molar-refractivity contribution in [2.45, 2.75) is 25.8 Å². The molecular weight excluding hydrogens is 536 g/mol. The Morgan fingerprint density at radius 2 is 1.43 bits per heavy atom. The Hall–Kier alpha value is -3.57. The number of aromatic carboxylic acids is 1. The molecule has 216 valence electrons. The predicted octanol–water partition coefficient (Wildman–Crippen LogP) is 6.56. The SMILES string of the molecule is CNCc1cc(C(F)(F)F)cc(C(F)(F)F)c1.Cc1ccccc1-c1cc(N2CCN(C)CC2)ccc1C(=O)O. The van der Waals surface area contributed by atoms with Gasteiger partial charge in [-0.05, 0) is 79.7 Å². The first kappa shape index (κ1) is 31.0. The van der Waals surface area contributed by atoms with Gasteiger partial charge in [-0.25, -0.2) is 4.79 Å². The zero-order chi connectivity index (χ0) is 29.7. The molecule has 1 fully saturated rings. The van der Waals surface area contributed by atoms with Gasteiger partial charge in [0, 0.05) is 38.4 Å². The van der Waals surface area contributed by atoms with Crippen LogP contribution in [0.4, 0.5) is 32.0 Å². The van der Waals surface area contributed by atoms with Crippen LogP contribution >= 0.6 is 0 Å². The highest BCUT2D eigenvalue weighted by Gasteiger charge is 2.36. The normalized spacial score (nSPS) is 14.5. The quantitative estimate of drug-likeness (QED) is 0.343. The Balaban J connectivity index is 0.000000232. The first-order valence-corrected chi connectivity index (χ1v) is 12.5. The molecule has 3 aromatic rings. The summed E-state index contributed by atoms with van der Waals surface area (Å²) < 4.78 is 74.3. The second kappa shape index (κ2) is 12.7. The molecule has 0 aliphatic carbocycles. The number of carboxylic acids is 1. The van der Waals surface area contributed by atoms with Gasteiger partial charge in [-0.3, -0.25) is 0 Å². The van der Waals surface area contributed by atoms with Gasteiger partial charge in [0.05, 0.1) is 16.7 Å². The van der Waals surface area contributed by atoms with Gasteiger partial charge in [-0.2, -0.15) is 26.3 Å². The van der Waals surface area contributed by atoms with Crippen molar-refractivity contribution in [3.05, 3.63) is 88.5 Å². The van der Waals surface area contributed by atoms with Crippen LogP contribution < -0.4 is 10.2 Å². The number of piperazine rings is 1. The zero-order valence-electron chi connectivity index (χ0n) is 22.3. The summed E-state index contributed by atoms with van der Waals surface area (Å²) >= 11 is 0. The van der Waals surface area contributed by atoms with Crippen molar-refractivity contribution in [2.24, 2.45) is 0 Å². The molecule has 0 atom stereocenters. The van der Waals surface area contributed by atoms with Crippen molar-refractivity contribution >= 4 is 11.7 Å². The van der Waals surface area contributed by atoms with E-state index < -0.39 is 29.4 Å². The highest BCUT2D eigenvalue weighted by atomic mass is 19.4. The van der Waals surface area contributed by atoms with Crippen LogP contribution in [-0.4, -0.2) is 56.3 Å². The van der Waals surface area contributed by atoms with E-state index in [9.17, 15) is 36.2 Å². The maximum Gasteiger partial charge on any atom is 0.416 e. The summed E-state index contributed by atoms with van der Waals surface area (Å²) in [5.41, 5.74) is 1.68. The van der Waals surface area contributed by atoms with Gasteiger partial charge in [-0.1, -0.05) is 24.3 Å². The number of benzene rings is 3. The third kappa shape index (κ3) is 7.98. The fourth-order valence-electron chi connectivity index (χ4n) is 4.40. The van der Waals surface area contributed by atoms with Crippen molar-refractivity contribution in [1.29, 1.82) is 0 Å². The molecule has 2 N–H and O–H groups in total. The van der Waals surface area contributed by atoms with Crippen molar-refractivity contribution in [3.8, 4) is 11.1 Å². The van der Waals surface area contributed by atoms with Crippen LogP contribution in [-0.2, 0) is 18.9 Å². The molecule has 0 unspecified atom stereocenters. The number of rotatable bonds is 5.